The van der Waals surface area contributed by atoms with Crippen molar-refractivity contribution in [2.45, 2.75) is 24.8 Å². The van der Waals surface area contributed by atoms with Gasteiger partial charge in [0.15, 0.2) is 5.82 Å². The maximum atomic E-state index is 11.8. The molecule has 0 radical (unpaired) electrons. The molecule has 0 amide bonds. The maximum absolute atomic E-state index is 11.8. The molecule has 21 heavy (non-hydrogen) atoms. The highest BCUT2D eigenvalue weighted by Gasteiger charge is 2.14. The smallest absolute Gasteiger partial charge is 0.240 e. The molecule has 2 N–H and O–H groups in total. The summed E-state index contributed by atoms with van der Waals surface area (Å²) in [5, 5.41) is 11.1. The van der Waals surface area contributed by atoms with Crippen LogP contribution in [0.2, 0.25) is 0 Å². The molecule has 8 heteroatoms. The number of hydrogen-bond donors (Lipinski definition) is 2. The third-order valence-electron chi connectivity index (χ3n) is 3.02. The number of hydrogen-bond acceptors (Lipinski definition) is 5. The first kappa shape index (κ1) is 15.5. The van der Waals surface area contributed by atoms with Crippen LogP contribution in [0.5, 0.6) is 0 Å². The van der Waals surface area contributed by atoms with Crippen LogP contribution >= 0.6 is 0 Å². The fourth-order valence-corrected chi connectivity index (χ4v) is 3.04. The second-order valence-corrected chi connectivity index (χ2v) is 6.46. The summed E-state index contributed by atoms with van der Waals surface area (Å²) in [6.07, 6.45) is 1.64. The van der Waals surface area contributed by atoms with E-state index >= 15 is 0 Å². The zero-order valence-corrected chi connectivity index (χ0v) is 13.1. The first-order chi connectivity index (χ1) is 9.94. The Morgan fingerprint density at radius 3 is 2.48 bits per heavy atom. The van der Waals surface area contributed by atoms with E-state index in [0.29, 0.717) is 6.54 Å². The Hall–Kier alpha value is -1.93. The van der Waals surface area contributed by atoms with Crippen LogP contribution in [0.4, 0.5) is 5.69 Å². The summed E-state index contributed by atoms with van der Waals surface area (Å²) >= 11 is 0. The van der Waals surface area contributed by atoms with Gasteiger partial charge in [-0.1, -0.05) is 6.92 Å². The van der Waals surface area contributed by atoms with Gasteiger partial charge in [-0.2, -0.15) is 0 Å². The second-order valence-electron chi connectivity index (χ2n) is 4.69. The Morgan fingerprint density at radius 1 is 1.29 bits per heavy atom. The molecule has 0 spiro atoms. The van der Waals surface area contributed by atoms with Crippen molar-refractivity contribution in [2.75, 3.05) is 11.9 Å². The third kappa shape index (κ3) is 3.59. The van der Waals surface area contributed by atoms with E-state index in [4.69, 9.17) is 0 Å². The van der Waals surface area contributed by atoms with Gasteiger partial charge in [0, 0.05) is 19.3 Å². The van der Waals surface area contributed by atoms with Crippen molar-refractivity contribution in [1.82, 2.24) is 19.5 Å². The van der Waals surface area contributed by atoms with Crippen LogP contribution in [-0.4, -0.2) is 29.7 Å². The summed E-state index contributed by atoms with van der Waals surface area (Å²) in [5.41, 5.74) is 0.820. The molecule has 0 aliphatic heterocycles. The minimum Gasteiger partial charge on any atom is -0.375 e. The number of aryl methyl sites for hydroxylation is 1. The predicted octanol–water partition coefficient (Wildman–Crippen LogP) is 1.29. The molecule has 0 fully saturated rings. The van der Waals surface area contributed by atoms with E-state index in [1.165, 1.54) is 0 Å². The van der Waals surface area contributed by atoms with Crippen molar-refractivity contribution in [1.29, 1.82) is 0 Å². The molecule has 0 aliphatic carbocycles. The molecular weight excluding hydrogens is 290 g/mol. The molecule has 1 unspecified atom stereocenters. The SMILES string of the molecule is CCNS(=O)(=O)c1ccc(NC(C)c2nncn2C)cc1. The Kier molecular flexibility index (Phi) is 4.59. The van der Waals surface area contributed by atoms with Crippen LogP contribution in [0, 0.1) is 0 Å². The van der Waals surface area contributed by atoms with Crippen molar-refractivity contribution >= 4 is 15.7 Å². The van der Waals surface area contributed by atoms with Gasteiger partial charge < -0.3 is 9.88 Å². The number of anilines is 1. The van der Waals surface area contributed by atoms with Crippen molar-refractivity contribution in [3.8, 4) is 0 Å². The van der Waals surface area contributed by atoms with E-state index in [2.05, 4.69) is 20.2 Å². The molecule has 0 bridgehead atoms. The standard InChI is InChI=1S/C13H19N5O2S/c1-4-15-21(19,20)12-7-5-11(6-8-12)16-10(2)13-17-14-9-18(13)3/h5-10,15-16H,4H2,1-3H3. The summed E-state index contributed by atoms with van der Waals surface area (Å²) in [6, 6.07) is 6.58. The molecule has 7 nitrogen and oxygen atoms in total. The Bertz CT molecular complexity index is 694. The molecule has 2 rings (SSSR count). The van der Waals surface area contributed by atoms with Crippen molar-refractivity contribution in [2.24, 2.45) is 7.05 Å². The Morgan fingerprint density at radius 2 is 1.95 bits per heavy atom. The van der Waals surface area contributed by atoms with E-state index in [-0.39, 0.29) is 10.9 Å². The lowest BCUT2D eigenvalue weighted by atomic mass is 10.2. The van der Waals surface area contributed by atoms with Gasteiger partial charge in [0.1, 0.15) is 6.33 Å². The van der Waals surface area contributed by atoms with Crippen LogP contribution < -0.4 is 10.0 Å². The molecule has 114 valence electrons. The number of sulfonamides is 1. The third-order valence-corrected chi connectivity index (χ3v) is 4.58. The van der Waals surface area contributed by atoms with E-state index in [1.807, 2.05) is 18.5 Å². The number of nitrogens with one attached hydrogen (secondary N) is 2. The minimum atomic E-state index is -3.41. The molecule has 1 aromatic carbocycles. The van der Waals surface area contributed by atoms with E-state index in [0.717, 1.165) is 11.5 Å². The topological polar surface area (TPSA) is 88.9 Å². The maximum Gasteiger partial charge on any atom is 0.240 e. The van der Waals surface area contributed by atoms with Crippen LogP contribution in [-0.2, 0) is 17.1 Å². The first-order valence-electron chi connectivity index (χ1n) is 6.64. The number of rotatable bonds is 6. The van der Waals surface area contributed by atoms with E-state index in [1.54, 1.807) is 37.5 Å². The molecule has 0 saturated carbocycles. The largest absolute Gasteiger partial charge is 0.375 e. The lowest BCUT2D eigenvalue weighted by molar-refractivity contribution is 0.584. The zero-order valence-electron chi connectivity index (χ0n) is 12.2. The quantitative estimate of drug-likeness (QED) is 0.839. The highest BCUT2D eigenvalue weighted by molar-refractivity contribution is 7.89. The predicted molar refractivity (Wildman–Crippen MR) is 80.3 cm³/mol. The molecule has 0 saturated heterocycles. The van der Waals surface area contributed by atoms with Crippen LogP contribution in [0.1, 0.15) is 25.7 Å². The molecule has 1 heterocycles. The number of aromatic nitrogens is 3. The normalized spacial score (nSPS) is 13.1. The van der Waals surface area contributed by atoms with Gasteiger partial charge in [0.05, 0.1) is 10.9 Å². The number of nitrogens with zero attached hydrogens (tertiary/aromatic N) is 3. The Balaban J connectivity index is 2.11. The van der Waals surface area contributed by atoms with Crippen LogP contribution in [0.3, 0.4) is 0 Å². The first-order valence-corrected chi connectivity index (χ1v) is 8.12. The van der Waals surface area contributed by atoms with Gasteiger partial charge in [0.2, 0.25) is 10.0 Å². The van der Waals surface area contributed by atoms with Crippen molar-refractivity contribution in [3.63, 3.8) is 0 Å². The number of benzene rings is 1. The van der Waals surface area contributed by atoms with Gasteiger partial charge in [-0.25, -0.2) is 13.1 Å². The van der Waals surface area contributed by atoms with Crippen LogP contribution in [0.25, 0.3) is 0 Å². The van der Waals surface area contributed by atoms with Gasteiger partial charge in [0.25, 0.3) is 0 Å². The molecule has 1 aromatic heterocycles. The minimum absolute atomic E-state index is 0.0336. The highest BCUT2D eigenvalue weighted by Crippen LogP contribution is 2.19. The fourth-order valence-electron chi connectivity index (χ4n) is 2.00. The summed E-state index contributed by atoms with van der Waals surface area (Å²) in [7, 11) is -1.54. The molecular formula is C13H19N5O2S. The highest BCUT2D eigenvalue weighted by atomic mass is 32.2. The second kappa shape index (κ2) is 6.23. The van der Waals surface area contributed by atoms with Gasteiger partial charge >= 0.3 is 0 Å². The average molecular weight is 309 g/mol. The summed E-state index contributed by atoms with van der Waals surface area (Å²) in [5.74, 6) is 0.805. The zero-order chi connectivity index (χ0) is 15.5. The van der Waals surface area contributed by atoms with Crippen molar-refractivity contribution in [3.05, 3.63) is 36.4 Å². The summed E-state index contributed by atoms with van der Waals surface area (Å²) < 4.78 is 28.0. The summed E-state index contributed by atoms with van der Waals surface area (Å²) in [6.45, 7) is 4.08. The van der Waals surface area contributed by atoms with Crippen LogP contribution in [0.15, 0.2) is 35.5 Å². The van der Waals surface area contributed by atoms with Gasteiger partial charge in [-0.3, -0.25) is 0 Å². The fraction of sp³-hybridized carbons (Fsp3) is 0.385. The van der Waals surface area contributed by atoms with Gasteiger partial charge in [-0.05, 0) is 31.2 Å². The Labute approximate surface area is 124 Å². The van der Waals surface area contributed by atoms with E-state index < -0.39 is 10.0 Å². The molecule has 2 aromatic rings. The molecule has 1 atom stereocenters. The summed E-state index contributed by atoms with van der Waals surface area (Å²) in [4.78, 5) is 0.251. The lowest BCUT2D eigenvalue weighted by Crippen LogP contribution is -2.23. The van der Waals surface area contributed by atoms with E-state index in [9.17, 15) is 8.42 Å². The van der Waals surface area contributed by atoms with Crippen molar-refractivity contribution < 1.29 is 8.42 Å². The molecule has 0 aliphatic rings. The lowest BCUT2D eigenvalue weighted by Gasteiger charge is -2.14. The monoisotopic (exact) mass is 309 g/mol. The average Bonchev–Trinajstić information content (AvgIpc) is 2.85. The van der Waals surface area contributed by atoms with Gasteiger partial charge in [-0.15, -0.1) is 10.2 Å².